The molecular weight excluding hydrogens is 344 g/mol. The maximum absolute atomic E-state index is 10.9. The van der Waals surface area contributed by atoms with E-state index in [9.17, 15) is 5.11 Å². The fraction of sp³-hybridized carbons (Fsp3) is 0.0909. The molecule has 0 amide bonds. The van der Waals surface area contributed by atoms with Gasteiger partial charge in [-0.1, -0.05) is 54.6 Å². The van der Waals surface area contributed by atoms with E-state index in [0.717, 1.165) is 21.9 Å². The molecule has 4 aromatic carbocycles. The first-order chi connectivity index (χ1) is 12.2. The van der Waals surface area contributed by atoms with Crippen LogP contribution in [0.5, 0.6) is 5.75 Å². The molecule has 0 aliphatic heterocycles. The van der Waals surface area contributed by atoms with Crippen LogP contribution in [-0.4, -0.2) is 17.6 Å². The van der Waals surface area contributed by atoms with Crippen LogP contribution in [-0.2, 0) is 0 Å². The molecule has 0 unspecified atom stereocenters. The Hall–Kier alpha value is -2.10. The fourth-order valence-electron chi connectivity index (χ4n) is 3.38. The Labute approximate surface area is 156 Å². The summed E-state index contributed by atoms with van der Waals surface area (Å²) >= 11 is 3.53. The molecule has 4 rings (SSSR count). The van der Waals surface area contributed by atoms with Gasteiger partial charge in [0, 0.05) is 20.7 Å². The monoisotopic (exact) mass is 362 g/mol. The summed E-state index contributed by atoms with van der Waals surface area (Å²) in [6, 6.07) is 22.7. The summed E-state index contributed by atoms with van der Waals surface area (Å²) in [4.78, 5) is 2.54. The Kier molecular flexibility index (Phi) is 4.36. The largest absolute Gasteiger partial charge is 0.507 e. The van der Waals surface area contributed by atoms with E-state index in [2.05, 4.69) is 48.9 Å². The molecule has 0 bridgehead atoms. The van der Waals surface area contributed by atoms with Crippen molar-refractivity contribution in [1.82, 2.24) is 0 Å². The number of hydrogen-bond donors (Lipinski definition) is 1. The number of phenols is 1. The predicted molar refractivity (Wildman–Crippen MR) is 112 cm³/mol. The quantitative estimate of drug-likeness (QED) is 0.404. The standard InChI is InChI=1S/C22H18OS2/c1-24-20-13-19(16-9-5-6-10-18(16)22(20)25-2)17-12-11-14-7-3-4-8-15(14)21(17)23/h3-13,23H,1-2H3. The van der Waals surface area contributed by atoms with Gasteiger partial charge in [-0.2, -0.15) is 0 Å². The number of rotatable bonds is 3. The molecule has 0 heterocycles. The van der Waals surface area contributed by atoms with Gasteiger partial charge in [0.05, 0.1) is 0 Å². The van der Waals surface area contributed by atoms with Crippen molar-refractivity contribution in [2.24, 2.45) is 0 Å². The Balaban J connectivity index is 2.10. The summed E-state index contributed by atoms with van der Waals surface area (Å²) in [5, 5.41) is 15.3. The predicted octanol–water partition coefficient (Wildman–Crippen LogP) is 6.81. The third-order valence-electron chi connectivity index (χ3n) is 4.58. The van der Waals surface area contributed by atoms with Crippen molar-refractivity contribution in [3.8, 4) is 16.9 Å². The second kappa shape index (κ2) is 6.66. The molecular formula is C22H18OS2. The van der Waals surface area contributed by atoms with Crippen LogP contribution in [0.2, 0.25) is 0 Å². The number of hydrogen-bond acceptors (Lipinski definition) is 3. The minimum absolute atomic E-state index is 0.354. The van der Waals surface area contributed by atoms with E-state index in [1.54, 1.807) is 23.5 Å². The molecule has 0 radical (unpaired) electrons. The van der Waals surface area contributed by atoms with Gasteiger partial charge in [-0.3, -0.25) is 0 Å². The summed E-state index contributed by atoms with van der Waals surface area (Å²) in [5.41, 5.74) is 1.97. The molecule has 1 nitrogen and oxygen atoms in total. The Morgan fingerprint density at radius 2 is 1.36 bits per heavy atom. The topological polar surface area (TPSA) is 20.2 Å². The third-order valence-corrected chi connectivity index (χ3v) is 6.31. The molecule has 0 spiro atoms. The zero-order chi connectivity index (χ0) is 17.4. The molecule has 3 heteroatoms. The second-order valence-electron chi connectivity index (χ2n) is 5.89. The molecule has 4 aromatic rings. The molecule has 25 heavy (non-hydrogen) atoms. The smallest absolute Gasteiger partial charge is 0.131 e. The van der Waals surface area contributed by atoms with Gasteiger partial charge < -0.3 is 5.11 Å². The fourth-order valence-corrected chi connectivity index (χ4v) is 5.07. The molecule has 0 aliphatic rings. The van der Waals surface area contributed by atoms with Crippen LogP contribution in [0.1, 0.15) is 0 Å². The van der Waals surface area contributed by atoms with E-state index in [1.807, 2.05) is 30.3 Å². The molecule has 0 aromatic heterocycles. The van der Waals surface area contributed by atoms with Crippen molar-refractivity contribution in [2.75, 3.05) is 12.5 Å². The maximum atomic E-state index is 10.9. The van der Waals surface area contributed by atoms with E-state index >= 15 is 0 Å². The first-order valence-electron chi connectivity index (χ1n) is 8.09. The molecule has 0 fully saturated rings. The number of fused-ring (bicyclic) bond motifs is 2. The van der Waals surface area contributed by atoms with Crippen molar-refractivity contribution in [3.05, 3.63) is 66.7 Å². The second-order valence-corrected chi connectivity index (χ2v) is 7.55. The van der Waals surface area contributed by atoms with Gasteiger partial charge in [0.1, 0.15) is 5.75 Å². The van der Waals surface area contributed by atoms with Gasteiger partial charge in [0.25, 0.3) is 0 Å². The van der Waals surface area contributed by atoms with Crippen molar-refractivity contribution >= 4 is 45.1 Å². The minimum Gasteiger partial charge on any atom is -0.507 e. The summed E-state index contributed by atoms with van der Waals surface area (Å²) in [6.07, 6.45) is 4.22. The lowest BCUT2D eigenvalue weighted by Crippen LogP contribution is -1.89. The highest BCUT2D eigenvalue weighted by Crippen LogP contribution is 2.44. The minimum atomic E-state index is 0.354. The maximum Gasteiger partial charge on any atom is 0.131 e. The van der Waals surface area contributed by atoms with Crippen molar-refractivity contribution in [3.63, 3.8) is 0 Å². The van der Waals surface area contributed by atoms with Crippen molar-refractivity contribution < 1.29 is 5.11 Å². The average Bonchev–Trinajstić information content (AvgIpc) is 2.67. The van der Waals surface area contributed by atoms with E-state index in [-0.39, 0.29) is 0 Å². The summed E-state index contributed by atoms with van der Waals surface area (Å²) in [6.45, 7) is 0. The molecule has 0 aliphatic carbocycles. The van der Waals surface area contributed by atoms with Gasteiger partial charge in [0.2, 0.25) is 0 Å². The Bertz CT molecular complexity index is 1090. The lowest BCUT2D eigenvalue weighted by atomic mass is 9.95. The molecule has 0 atom stereocenters. The highest BCUT2D eigenvalue weighted by atomic mass is 32.2. The molecule has 0 saturated heterocycles. The van der Waals surface area contributed by atoms with Gasteiger partial charge in [-0.15, -0.1) is 23.5 Å². The lowest BCUT2D eigenvalue weighted by Gasteiger charge is -2.16. The van der Waals surface area contributed by atoms with Gasteiger partial charge >= 0.3 is 0 Å². The normalized spacial score (nSPS) is 11.3. The number of phenolic OH excluding ortho intramolecular Hbond substituents is 1. The van der Waals surface area contributed by atoms with Gasteiger partial charge in [0.15, 0.2) is 0 Å². The van der Waals surface area contributed by atoms with E-state index in [4.69, 9.17) is 0 Å². The van der Waals surface area contributed by atoms with Crippen molar-refractivity contribution in [2.45, 2.75) is 9.79 Å². The van der Waals surface area contributed by atoms with Crippen LogP contribution in [0.3, 0.4) is 0 Å². The van der Waals surface area contributed by atoms with Crippen LogP contribution < -0.4 is 0 Å². The van der Waals surface area contributed by atoms with E-state index in [0.29, 0.717) is 5.75 Å². The highest BCUT2D eigenvalue weighted by molar-refractivity contribution is 8.01. The first-order valence-corrected chi connectivity index (χ1v) is 10.5. The molecule has 0 saturated carbocycles. The SMILES string of the molecule is CSc1cc(-c2ccc3ccccc3c2O)c2ccccc2c1SC. The summed E-state index contributed by atoms with van der Waals surface area (Å²) in [7, 11) is 0. The number of thioether (sulfide) groups is 2. The van der Waals surface area contributed by atoms with Gasteiger partial charge in [-0.25, -0.2) is 0 Å². The van der Waals surface area contributed by atoms with E-state index in [1.165, 1.54) is 20.6 Å². The number of aromatic hydroxyl groups is 1. The molecule has 1 N–H and O–H groups in total. The summed E-state index contributed by atoms with van der Waals surface area (Å²) in [5.74, 6) is 0.354. The zero-order valence-electron chi connectivity index (χ0n) is 14.1. The van der Waals surface area contributed by atoms with Crippen LogP contribution in [0.25, 0.3) is 32.7 Å². The summed E-state index contributed by atoms with van der Waals surface area (Å²) < 4.78 is 0. The van der Waals surface area contributed by atoms with Crippen LogP contribution in [0, 0.1) is 0 Å². The Morgan fingerprint density at radius 3 is 2.08 bits per heavy atom. The van der Waals surface area contributed by atoms with Crippen LogP contribution in [0.4, 0.5) is 0 Å². The van der Waals surface area contributed by atoms with Crippen LogP contribution in [0.15, 0.2) is 76.5 Å². The highest BCUT2D eigenvalue weighted by Gasteiger charge is 2.15. The average molecular weight is 363 g/mol. The third kappa shape index (κ3) is 2.68. The first kappa shape index (κ1) is 16.4. The number of benzene rings is 4. The Morgan fingerprint density at radius 1 is 0.680 bits per heavy atom. The molecule has 124 valence electrons. The van der Waals surface area contributed by atoms with Crippen LogP contribution >= 0.6 is 23.5 Å². The lowest BCUT2D eigenvalue weighted by molar-refractivity contribution is 0.483. The van der Waals surface area contributed by atoms with Crippen molar-refractivity contribution in [1.29, 1.82) is 0 Å². The zero-order valence-corrected chi connectivity index (χ0v) is 15.7. The van der Waals surface area contributed by atoms with E-state index < -0.39 is 0 Å². The van der Waals surface area contributed by atoms with Gasteiger partial charge in [-0.05, 0) is 46.4 Å².